The minimum absolute atomic E-state index is 0.0802. The van der Waals surface area contributed by atoms with Gasteiger partial charge in [0.05, 0.1) is 32.8 Å². The number of benzene rings is 2. The Bertz CT molecular complexity index is 1110. The largest absolute Gasteiger partial charge is 0.497 e. The Kier molecular flexibility index (Phi) is 4.82. The first kappa shape index (κ1) is 18.5. The third-order valence-electron chi connectivity index (χ3n) is 4.66. The summed E-state index contributed by atoms with van der Waals surface area (Å²) in [6.45, 7) is 0.494. The van der Waals surface area contributed by atoms with Crippen LogP contribution >= 0.6 is 0 Å². The van der Waals surface area contributed by atoms with E-state index in [4.69, 9.17) is 14.2 Å². The lowest BCUT2D eigenvalue weighted by Crippen LogP contribution is -2.56. The van der Waals surface area contributed by atoms with Crippen molar-refractivity contribution in [3.05, 3.63) is 54.6 Å². The Morgan fingerprint density at radius 2 is 1.79 bits per heavy atom. The van der Waals surface area contributed by atoms with Crippen LogP contribution < -0.4 is 14.2 Å². The van der Waals surface area contributed by atoms with E-state index in [1.165, 1.54) is 24.6 Å². The van der Waals surface area contributed by atoms with Crippen molar-refractivity contribution >= 4 is 20.9 Å². The minimum Gasteiger partial charge on any atom is -0.497 e. The summed E-state index contributed by atoms with van der Waals surface area (Å²) in [6, 6.07) is 16.2. The molecule has 8 heteroatoms. The summed E-state index contributed by atoms with van der Waals surface area (Å²) in [5, 5.41) is 1.03. The number of para-hydroxylation sites is 1. The van der Waals surface area contributed by atoms with Crippen LogP contribution in [0.2, 0.25) is 0 Å². The summed E-state index contributed by atoms with van der Waals surface area (Å²) in [4.78, 5) is 4.55. The fraction of sp³-hybridized carbons (Fsp3) is 0.250. The van der Waals surface area contributed by atoms with E-state index in [2.05, 4.69) is 4.98 Å². The number of sulfonamides is 1. The fourth-order valence-corrected chi connectivity index (χ4v) is 4.75. The molecule has 1 saturated heterocycles. The van der Waals surface area contributed by atoms with Crippen molar-refractivity contribution in [1.29, 1.82) is 0 Å². The third-order valence-corrected chi connectivity index (χ3v) is 6.52. The summed E-state index contributed by atoms with van der Waals surface area (Å²) in [7, 11) is -0.782. The van der Waals surface area contributed by atoms with E-state index in [9.17, 15) is 8.42 Å². The van der Waals surface area contributed by atoms with Gasteiger partial charge in [0.1, 0.15) is 22.5 Å². The summed E-state index contributed by atoms with van der Waals surface area (Å²) < 4.78 is 43.5. The molecule has 4 rings (SSSR count). The maximum atomic E-state index is 13.0. The quantitative estimate of drug-likeness (QED) is 0.633. The van der Waals surface area contributed by atoms with E-state index in [1.54, 1.807) is 18.2 Å². The molecule has 0 unspecified atom stereocenters. The Hall–Kier alpha value is -2.84. The molecule has 0 aliphatic carbocycles. The monoisotopic (exact) mass is 400 g/mol. The highest BCUT2D eigenvalue weighted by molar-refractivity contribution is 7.89. The maximum absolute atomic E-state index is 13.0. The van der Waals surface area contributed by atoms with Crippen molar-refractivity contribution in [2.75, 3.05) is 27.3 Å². The first-order valence-corrected chi connectivity index (χ1v) is 10.2. The van der Waals surface area contributed by atoms with Gasteiger partial charge < -0.3 is 14.2 Å². The molecule has 0 radical (unpaired) electrons. The molecule has 1 aliphatic heterocycles. The number of nitrogens with zero attached hydrogens (tertiary/aromatic N) is 2. The summed E-state index contributed by atoms with van der Waals surface area (Å²) in [6.07, 6.45) is -0.250. The van der Waals surface area contributed by atoms with Gasteiger partial charge in [0.2, 0.25) is 15.9 Å². The number of fused-ring (bicyclic) bond motifs is 1. The second kappa shape index (κ2) is 7.29. The number of methoxy groups -OCH3 is 2. The van der Waals surface area contributed by atoms with Crippen LogP contribution in [-0.2, 0) is 10.0 Å². The molecule has 0 bridgehead atoms. The van der Waals surface area contributed by atoms with Crippen LogP contribution in [0, 0.1) is 0 Å². The molecule has 146 valence electrons. The number of hydrogen-bond donors (Lipinski definition) is 0. The zero-order chi connectivity index (χ0) is 19.7. The zero-order valence-corrected chi connectivity index (χ0v) is 16.3. The summed E-state index contributed by atoms with van der Waals surface area (Å²) in [5.41, 5.74) is 0.838. The molecular weight excluding hydrogens is 380 g/mol. The van der Waals surface area contributed by atoms with Crippen LogP contribution in [0.5, 0.6) is 17.4 Å². The molecule has 1 fully saturated rings. The molecule has 7 nitrogen and oxygen atoms in total. The summed E-state index contributed by atoms with van der Waals surface area (Å²) >= 11 is 0. The second-order valence-corrected chi connectivity index (χ2v) is 8.33. The van der Waals surface area contributed by atoms with E-state index in [1.807, 2.05) is 30.3 Å². The molecule has 0 saturated carbocycles. The molecule has 0 atom stereocenters. The third kappa shape index (κ3) is 3.36. The lowest BCUT2D eigenvalue weighted by atomic mass is 10.2. The SMILES string of the molecule is COc1ccc(OC)c(S(=O)(=O)N2CC(Oc3ccc4ccccc4n3)C2)c1. The van der Waals surface area contributed by atoms with Crippen LogP contribution in [-0.4, -0.2) is 51.1 Å². The molecule has 2 aromatic carbocycles. The first-order valence-electron chi connectivity index (χ1n) is 8.76. The smallest absolute Gasteiger partial charge is 0.247 e. The highest BCUT2D eigenvalue weighted by atomic mass is 32.2. The lowest BCUT2D eigenvalue weighted by molar-refractivity contribution is 0.0723. The van der Waals surface area contributed by atoms with Crippen LogP contribution in [0.1, 0.15) is 0 Å². The highest BCUT2D eigenvalue weighted by Gasteiger charge is 2.40. The number of rotatable bonds is 6. The highest BCUT2D eigenvalue weighted by Crippen LogP contribution is 2.33. The topological polar surface area (TPSA) is 78.0 Å². The molecule has 3 aromatic rings. The lowest BCUT2D eigenvalue weighted by Gasteiger charge is -2.37. The van der Waals surface area contributed by atoms with Crippen LogP contribution in [0.25, 0.3) is 10.9 Å². The van der Waals surface area contributed by atoms with Gasteiger partial charge in [0.15, 0.2) is 0 Å². The average molecular weight is 400 g/mol. The molecular formula is C20H20N2O5S. The Balaban J connectivity index is 1.48. The van der Waals surface area contributed by atoms with Gasteiger partial charge in [-0.05, 0) is 24.3 Å². The number of ether oxygens (including phenoxy) is 3. The van der Waals surface area contributed by atoms with Gasteiger partial charge in [-0.3, -0.25) is 0 Å². The van der Waals surface area contributed by atoms with Gasteiger partial charge in [-0.1, -0.05) is 18.2 Å². The van der Waals surface area contributed by atoms with Gasteiger partial charge in [0, 0.05) is 17.5 Å². The van der Waals surface area contributed by atoms with Crippen LogP contribution in [0.3, 0.4) is 0 Å². The van der Waals surface area contributed by atoms with Crippen molar-refractivity contribution in [3.8, 4) is 17.4 Å². The van der Waals surface area contributed by atoms with Gasteiger partial charge in [-0.2, -0.15) is 4.31 Å². The van der Waals surface area contributed by atoms with Crippen molar-refractivity contribution < 1.29 is 22.6 Å². The van der Waals surface area contributed by atoms with Gasteiger partial charge in [-0.25, -0.2) is 13.4 Å². The molecule has 1 aliphatic rings. The molecule has 1 aromatic heterocycles. The molecule has 2 heterocycles. The number of aromatic nitrogens is 1. The first-order chi connectivity index (χ1) is 13.5. The predicted molar refractivity (Wildman–Crippen MR) is 104 cm³/mol. The standard InChI is InChI=1S/C20H20N2O5S/c1-25-15-8-9-18(26-2)19(11-15)28(23,24)22-12-16(13-22)27-20-10-7-14-5-3-4-6-17(14)21-20/h3-11,16H,12-13H2,1-2H3. The average Bonchev–Trinajstić information content (AvgIpc) is 2.69. The van der Waals surface area contributed by atoms with Gasteiger partial charge in [-0.15, -0.1) is 0 Å². The Morgan fingerprint density at radius 3 is 2.54 bits per heavy atom. The van der Waals surface area contributed by atoms with E-state index >= 15 is 0 Å². The van der Waals surface area contributed by atoms with E-state index in [0.29, 0.717) is 11.6 Å². The zero-order valence-electron chi connectivity index (χ0n) is 15.5. The molecule has 28 heavy (non-hydrogen) atoms. The van der Waals surface area contributed by atoms with E-state index in [-0.39, 0.29) is 29.8 Å². The molecule has 0 N–H and O–H groups in total. The Labute approximate surface area is 163 Å². The second-order valence-electron chi connectivity index (χ2n) is 6.42. The minimum atomic E-state index is -3.71. The normalized spacial score (nSPS) is 15.2. The Morgan fingerprint density at radius 1 is 1.00 bits per heavy atom. The summed E-state index contributed by atoms with van der Waals surface area (Å²) in [5.74, 6) is 1.22. The van der Waals surface area contributed by atoms with Crippen LogP contribution in [0.4, 0.5) is 0 Å². The maximum Gasteiger partial charge on any atom is 0.247 e. The predicted octanol–water partition coefficient (Wildman–Crippen LogP) is 2.70. The van der Waals surface area contributed by atoms with Crippen LogP contribution in [0.15, 0.2) is 59.5 Å². The van der Waals surface area contributed by atoms with E-state index in [0.717, 1.165) is 10.9 Å². The van der Waals surface area contributed by atoms with Crippen molar-refractivity contribution in [3.63, 3.8) is 0 Å². The van der Waals surface area contributed by atoms with Gasteiger partial charge >= 0.3 is 0 Å². The molecule has 0 amide bonds. The number of pyridine rings is 1. The van der Waals surface area contributed by atoms with E-state index < -0.39 is 10.0 Å². The van der Waals surface area contributed by atoms with Crippen molar-refractivity contribution in [2.45, 2.75) is 11.0 Å². The van der Waals surface area contributed by atoms with Crippen molar-refractivity contribution in [1.82, 2.24) is 9.29 Å². The number of hydrogen-bond acceptors (Lipinski definition) is 6. The van der Waals surface area contributed by atoms with Gasteiger partial charge in [0.25, 0.3) is 0 Å². The molecule has 0 spiro atoms. The van der Waals surface area contributed by atoms with Crippen molar-refractivity contribution in [2.24, 2.45) is 0 Å². The fourth-order valence-electron chi connectivity index (χ4n) is 3.08.